The van der Waals surface area contributed by atoms with E-state index in [1.165, 1.54) is 19.3 Å². The summed E-state index contributed by atoms with van der Waals surface area (Å²) in [6.07, 6.45) is 6.82. The van der Waals surface area contributed by atoms with Gasteiger partial charge < -0.3 is 15.1 Å². The molecule has 0 aromatic rings. The molecule has 1 aliphatic rings. The number of carbonyl (C=O) groups excluding carboxylic acids is 1. The zero-order valence-corrected chi connectivity index (χ0v) is 11.0. The Balaban J connectivity index is 2.41. The molecule has 6 nitrogen and oxygen atoms in total. The van der Waals surface area contributed by atoms with Gasteiger partial charge in [0.25, 0.3) is 0 Å². The average molecular weight is 271 g/mol. The summed E-state index contributed by atoms with van der Waals surface area (Å²) in [4.78, 5) is 34.0. The molecule has 1 amide bonds. The third-order valence-corrected chi connectivity index (χ3v) is 3.50. The summed E-state index contributed by atoms with van der Waals surface area (Å²) in [5, 5.41) is 17.4. The van der Waals surface area contributed by atoms with Crippen molar-refractivity contribution in [2.45, 2.75) is 44.9 Å². The van der Waals surface area contributed by atoms with Crippen molar-refractivity contribution in [2.24, 2.45) is 5.92 Å². The van der Waals surface area contributed by atoms with E-state index in [-0.39, 0.29) is 12.3 Å². The predicted octanol–water partition coefficient (Wildman–Crippen LogP) is 1.34. The fraction of sp³-hybridized carbons (Fsp3) is 0.769. The second-order valence-electron chi connectivity index (χ2n) is 5.08. The van der Waals surface area contributed by atoms with Gasteiger partial charge in [-0.05, 0) is 12.3 Å². The van der Waals surface area contributed by atoms with Gasteiger partial charge in [-0.15, -0.1) is 0 Å². The van der Waals surface area contributed by atoms with Gasteiger partial charge in [0.1, 0.15) is 13.1 Å². The Labute approximate surface area is 112 Å². The SMILES string of the molecule is O=C(O)CN(CC(=O)O)C(=O)CCC1CCCCC1. The standard InChI is InChI=1S/C13H21NO5/c15-11(7-6-10-4-2-1-3-5-10)14(8-12(16)17)9-13(18)19/h10H,1-9H2,(H,16,17)(H,18,19). The van der Waals surface area contributed by atoms with Crippen LogP contribution in [0.15, 0.2) is 0 Å². The summed E-state index contributed by atoms with van der Waals surface area (Å²) in [6, 6.07) is 0. The third kappa shape index (κ3) is 6.22. The van der Waals surface area contributed by atoms with E-state index in [0.717, 1.165) is 24.2 Å². The lowest BCUT2D eigenvalue weighted by atomic mass is 9.86. The molecular weight excluding hydrogens is 250 g/mol. The smallest absolute Gasteiger partial charge is 0.323 e. The molecule has 2 N–H and O–H groups in total. The van der Waals surface area contributed by atoms with Gasteiger partial charge in [0.05, 0.1) is 0 Å². The Morgan fingerprint density at radius 1 is 0.947 bits per heavy atom. The van der Waals surface area contributed by atoms with E-state index in [9.17, 15) is 14.4 Å². The zero-order valence-electron chi connectivity index (χ0n) is 11.0. The van der Waals surface area contributed by atoms with Crippen molar-refractivity contribution in [3.8, 4) is 0 Å². The van der Waals surface area contributed by atoms with Crippen molar-refractivity contribution in [2.75, 3.05) is 13.1 Å². The number of carboxylic acids is 2. The number of hydrogen-bond acceptors (Lipinski definition) is 3. The van der Waals surface area contributed by atoms with Crippen LogP contribution in [0.4, 0.5) is 0 Å². The van der Waals surface area contributed by atoms with Crippen LogP contribution in [0.2, 0.25) is 0 Å². The Morgan fingerprint density at radius 2 is 1.47 bits per heavy atom. The molecule has 0 radical (unpaired) electrons. The topological polar surface area (TPSA) is 94.9 Å². The number of rotatable bonds is 7. The first-order chi connectivity index (χ1) is 8.99. The van der Waals surface area contributed by atoms with Crippen molar-refractivity contribution in [3.05, 3.63) is 0 Å². The molecule has 0 saturated heterocycles. The minimum Gasteiger partial charge on any atom is -0.480 e. The van der Waals surface area contributed by atoms with E-state index in [1.54, 1.807) is 0 Å². The lowest BCUT2D eigenvalue weighted by molar-refractivity contribution is -0.149. The molecule has 0 spiro atoms. The predicted molar refractivity (Wildman–Crippen MR) is 67.7 cm³/mol. The Bertz CT molecular complexity index is 320. The van der Waals surface area contributed by atoms with Gasteiger partial charge in [0.15, 0.2) is 0 Å². The van der Waals surface area contributed by atoms with Crippen LogP contribution in [-0.4, -0.2) is 46.0 Å². The summed E-state index contributed by atoms with van der Waals surface area (Å²) >= 11 is 0. The number of amides is 1. The normalized spacial score (nSPS) is 16.0. The molecule has 1 aliphatic carbocycles. The van der Waals surface area contributed by atoms with Crippen LogP contribution < -0.4 is 0 Å². The fourth-order valence-corrected chi connectivity index (χ4v) is 2.52. The molecule has 19 heavy (non-hydrogen) atoms. The molecule has 1 rings (SSSR count). The third-order valence-electron chi connectivity index (χ3n) is 3.50. The lowest BCUT2D eigenvalue weighted by Gasteiger charge is -2.23. The van der Waals surface area contributed by atoms with Gasteiger partial charge in [-0.3, -0.25) is 14.4 Å². The van der Waals surface area contributed by atoms with Gasteiger partial charge in [0, 0.05) is 6.42 Å². The maximum atomic E-state index is 11.9. The van der Waals surface area contributed by atoms with E-state index < -0.39 is 25.0 Å². The maximum absolute atomic E-state index is 11.9. The molecule has 0 aliphatic heterocycles. The molecule has 0 atom stereocenters. The summed E-state index contributed by atoms with van der Waals surface area (Å²) in [5.74, 6) is -2.23. The van der Waals surface area contributed by atoms with E-state index in [1.807, 2.05) is 0 Å². The molecule has 0 heterocycles. The van der Waals surface area contributed by atoms with Crippen molar-refractivity contribution < 1.29 is 24.6 Å². The van der Waals surface area contributed by atoms with Crippen LogP contribution in [0.25, 0.3) is 0 Å². The van der Waals surface area contributed by atoms with Gasteiger partial charge >= 0.3 is 11.9 Å². The highest BCUT2D eigenvalue weighted by molar-refractivity contribution is 5.85. The number of carbonyl (C=O) groups is 3. The van der Waals surface area contributed by atoms with Gasteiger partial charge in [-0.1, -0.05) is 32.1 Å². The number of aliphatic carboxylic acids is 2. The lowest BCUT2D eigenvalue weighted by Crippen LogP contribution is -2.39. The first-order valence-corrected chi connectivity index (χ1v) is 6.70. The maximum Gasteiger partial charge on any atom is 0.323 e. The quantitative estimate of drug-likeness (QED) is 0.728. The summed E-state index contributed by atoms with van der Waals surface area (Å²) in [5.41, 5.74) is 0. The summed E-state index contributed by atoms with van der Waals surface area (Å²) in [7, 11) is 0. The largest absolute Gasteiger partial charge is 0.480 e. The molecular formula is C13H21NO5. The number of nitrogens with zero attached hydrogens (tertiary/aromatic N) is 1. The minimum absolute atomic E-state index is 0.241. The number of carboxylic acid groups (broad SMARTS) is 2. The van der Waals surface area contributed by atoms with Gasteiger partial charge in [-0.2, -0.15) is 0 Å². The highest BCUT2D eigenvalue weighted by Crippen LogP contribution is 2.27. The number of hydrogen-bond donors (Lipinski definition) is 2. The highest BCUT2D eigenvalue weighted by atomic mass is 16.4. The molecule has 1 fully saturated rings. The zero-order chi connectivity index (χ0) is 14.3. The monoisotopic (exact) mass is 271 g/mol. The first kappa shape index (κ1) is 15.5. The van der Waals surface area contributed by atoms with Crippen LogP contribution in [-0.2, 0) is 14.4 Å². The van der Waals surface area contributed by atoms with Gasteiger partial charge in [-0.25, -0.2) is 0 Å². The molecule has 0 bridgehead atoms. The van der Waals surface area contributed by atoms with Gasteiger partial charge in [0.2, 0.25) is 5.91 Å². The Kier molecular flexibility index (Phi) is 6.32. The fourth-order valence-electron chi connectivity index (χ4n) is 2.52. The Morgan fingerprint density at radius 3 is 1.95 bits per heavy atom. The van der Waals surface area contributed by atoms with Crippen LogP contribution in [0.3, 0.4) is 0 Å². The van der Waals surface area contributed by atoms with E-state index in [4.69, 9.17) is 10.2 Å². The Hall–Kier alpha value is -1.59. The van der Waals surface area contributed by atoms with Crippen molar-refractivity contribution in [3.63, 3.8) is 0 Å². The van der Waals surface area contributed by atoms with Crippen LogP contribution in [0.5, 0.6) is 0 Å². The van der Waals surface area contributed by atoms with E-state index in [0.29, 0.717) is 5.92 Å². The van der Waals surface area contributed by atoms with Crippen molar-refractivity contribution in [1.29, 1.82) is 0 Å². The highest BCUT2D eigenvalue weighted by Gasteiger charge is 2.21. The minimum atomic E-state index is -1.19. The molecule has 6 heteroatoms. The average Bonchev–Trinajstić information content (AvgIpc) is 2.35. The summed E-state index contributed by atoms with van der Waals surface area (Å²) < 4.78 is 0. The second kappa shape index (κ2) is 7.76. The summed E-state index contributed by atoms with van der Waals surface area (Å²) in [6.45, 7) is -1.09. The van der Waals surface area contributed by atoms with Crippen molar-refractivity contribution in [1.82, 2.24) is 4.90 Å². The first-order valence-electron chi connectivity index (χ1n) is 6.70. The van der Waals surface area contributed by atoms with Crippen LogP contribution >= 0.6 is 0 Å². The van der Waals surface area contributed by atoms with E-state index >= 15 is 0 Å². The second-order valence-corrected chi connectivity index (χ2v) is 5.08. The molecule has 108 valence electrons. The molecule has 0 aromatic heterocycles. The van der Waals surface area contributed by atoms with Crippen molar-refractivity contribution >= 4 is 17.8 Å². The van der Waals surface area contributed by atoms with Crippen LogP contribution in [0, 0.1) is 5.92 Å². The molecule has 0 aromatic carbocycles. The molecule has 1 saturated carbocycles. The van der Waals surface area contributed by atoms with Crippen LogP contribution in [0.1, 0.15) is 44.9 Å². The van der Waals surface area contributed by atoms with E-state index in [2.05, 4.69) is 0 Å². The molecule has 0 unspecified atom stereocenters.